The zero-order valence-corrected chi connectivity index (χ0v) is 47.9. The van der Waals surface area contributed by atoms with Crippen molar-refractivity contribution >= 4 is 13.7 Å². The predicted octanol–water partition coefficient (Wildman–Crippen LogP) is 17.1. The molecule has 0 aliphatic rings. The van der Waals surface area contributed by atoms with E-state index in [-0.39, 0.29) is 12.5 Å². The lowest BCUT2D eigenvalue weighted by Crippen LogP contribution is -2.45. The first-order valence-corrected chi connectivity index (χ1v) is 30.2. The molecule has 0 aliphatic heterocycles. The zero-order chi connectivity index (χ0) is 53.5. The molecule has 3 unspecified atom stereocenters. The Hall–Kier alpha value is -3.62. The number of quaternary nitrogens is 1. The number of carbonyl (C=O) groups excluding carboxylic acids is 1. The molecular weight excluding hydrogens is 924 g/mol. The summed E-state index contributed by atoms with van der Waals surface area (Å²) >= 11 is 0. The van der Waals surface area contributed by atoms with E-state index in [4.69, 9.17) is 9.05 Å². The second kappa shape index (κ2) is 53.2. The number of nitrogens with one attached hydrogen (secondary N) is 1. The summed E-state index contributed by atoms with van der Waals surface area (Å²) in [5.74, 6) is -0.222. The molecule has 9 heteroatoms. The van der Waals surface area contributed by atoms with Crippen molar-refractivity contribution in [3.8, 4) is 0 Å². The lowest BCUT2D eigenvalue weighted by Gasteiger charge is -2.29. The van der Waals surface area contributed by atoms with Crippen molar-refractivity contribution in [3.05, 3.63) is 146 Å². The molecule has 0 aromatic rings. The number of phosphoric ester groups is 1. The first-order chi connectivity index (χ1) is 35.5. The minimum absolute atomic E-state index is 0.0158. The van der Waals surface area contributed by atoms with Gasteiger partial charge in [-0.25, -0.2) is 0 Å². The summed E-state index contributed by atoms with van der Waals surface area (Å²) in [5.41, 5.74) is 0. The number of carbonyl (C=O) groups is 1. The summed E-state index contributed by atoms with van der Waals surface area (Å²) in [6.45, 7) is 4.35. The van der Waals surface area contributed by atoms with Gasteiger partial charge < -0.3 is 28.8 Å². The van der Waals surface area contributed by atoms with Gasteiger partial charge in [-0.1, -0.05) is 230 Å². The molecule has 0 aromatic carbocycles. The number of unbranched alkanes of at least 4 members (excludes halogenated alkanes) is 15. The van der Waals surface area contributed by atoms with E-state index >= 15 is 0 Å². The zero-order valence-electron chi connectivity index (χ0n) is 47.0. The Morgan fingerprint density at radius 1 is 0.479 bits per heavy atom. The third-order valence-electron chi connectivity index (χ3n) is 11.8. The summed E-state index contributed by atoms with van der Waals surface area (Å²) in [6.07, 6.45) is 82.4. The van der Waals surface area contributed by atoms with Crippen molar-refractivity contribution in [1.29, 1.82) is 0 Å². The van der Waals surface area contributed by atoms with Crippen LogP contribution in [0.15, 0.2) is 146 Å². The molecular formula is C64H107N2O6P. The second-order valence-corrected chi connectivity index (χ2v) is 21.3. The van der Waals surface area contributed by atoms with E-state index < -0.39 is 26.6 Å². The lowest BCUT2D eigenvalue weighted by atomic mass is 10.0. The van der Waals surface area contributed by atoms with Gasteiger partial charge in [0.05, 0.1) is 39.9 Å². The van der Waals surface area contributed by atoms with E-state index in [2.05, 4.69) is 153 Å². The second-order valence-electron chi connectivity index (χ2n) is 19.9. The van der Waals surface area contributed by atoms with Crippen molar-refractivity contribution < 1.29 is 32.9 Å². The van der Waals surface area contributed by atoms with Crippen molar-refractivity contribution in [2.24, 2.45) is 0 Å². The maximum absolute atomic E-state index is 12.9. The number of allylic oxidation sites excluding steroid dienone is 23. The summed E-state index contributed by atoms with van der Waals surface area (Å²) in [5, 5.41) is 13.7. The third-order valence-corrected chi connectivity index (χ3v) is 12.7. The Morgan fingerprint density at radius 3 is 1.22 bits per heavy atom. The van der Waals surface area contributed by atoms with Crippen LogP contribution in [-0.4, -0.2) is 68.5 Å². The molecule has 0 aliphatic carbocycles. The van der Waals surface area contributed by atoms with E-state index in [0.717, 1.165) is 109 Å². The third kappa shape index (κ3) is 56.0. The van der Waals surface area contributed by atoms with Gasteiger partial charge in [-0.2, -0.15) is 0 Å². The fourth-order valence-electron chi connectivity index (χ4n) is 7.36. The van der Waals surface area contributed by atoms with E-state index in [1.807, 2.05) is 27.2 Å². The Labute approximate surface area is 449 Å². The lowest BCUT2D eigenvalue weighted by molar-refractivity contribution is -0.870. The SMILES string of the molecule is CC/C=C\C/C=C\C/C=C\C/C=C\C/C=C\C/C=C\C/C=C\C/C=C\C/C=C\CCCCCCCCCCCCCCCC(=O)NC(COP(=O)([O-])OCC[N+](C)(C)C)C(O)/C=C/CC/C=C/CC/C=C/CC. The maximum Gasteiger partial charge on any atom is 0.268 e. The molecule has 0 saturated heterocycles. The van der Waals surface area contributed by atoms with Crippen molar-refractivity contribution in [1.82, 2.24) is 5.32 Å². The summed E-state index contributed by atoms with van der Waals surface area (Å²) in [4.78, 5) is 25.4. The van der Waals surface area contributed by atoms with Crippen LogP contribution in [0.25, 0.3) is 0 Å². The minimum atomic E-state index is -4.61. The van der Waals surface area contributed by atoms with Crippen LogP contribution in [0.3, 0.4) is 0 Å². The van der Waals surface area contributed by atoms with Gasteiger partial charge in [0.15, 0.2) is 0 Å². The molecule has 0 radical (unpaired) electrons. The van der Waals surface area contributed by atoms with Gasteiger partial charge in [0.2, 0.25) is 5.91 Å². The quantitative estimate of drug-likeness (QED) is 0.0272. The number of hydrogen-bond donors (Lipinski definition) is 2. The van der Waals surface area contributed by atoms with Crippen LogP contribution in [0.1, 0.15) is 200 Å². The average Bonchev–Trinajstić information content (AvgIpc) is 3.35. The van der Waals surface area contributed by atoms with E-state index in [0.29, 0.717) is 17.4 Å². The van der Waals surface area contributed by atoms with Gasteiger partial charge in [0, 0.05) is 6.42 Å². The van der Waals surface area contributed by atoms with Crippen LogP contribution >= 0.6 is 7.82 Å². The van der Waals surface area contributed by atoms with E-state index in [1.54, 1.807) is 6.08 Å². The molecule has 1 amide bonds. The van der Waals surface area contributed by atoms with Gasteiger partial charge in [-0.3, -0.25) is 9.36 Å². The Morgan fingerprint density at radius 2 is 0.808 bits per heavy atom. The number of phosphoric acid groups is 1. The fraction of sp³-hybridized carbons (Fsp3) is 0.609. The molecule has 414 valence electrons. The summed E-state index contributed by atoms with van der Waals surface area (Å²) in [6, 6.07) is -0.917. The molecule has 8 nitrogen and oxygen atoms in total. The number of hydrogen-bond acceptors (Lipinski definition) is 6. The first-order valence-electron chi connectivity index (χ1n) is 28.7. The minimum Gasteiger partial charge on any atom is -0.756 e. The molecule has 0 aromatic heterocycles. The Bertz CT molecular complexity index is 1690. The highest BCUT2D eigenvalue weighted by Gasteiger charge is 2.23. The van der Waals surface area contributed by atoms with E-state index in [9.17, 15) is 19.4 Å². The van der Waals surface area contributed by atoms with E-state index in [1.165, 1.54) is 70.6 Å². The first kappa shape index (κ1) is 69.4. The number of rotatable bonds is 50. The number of aliphatic hydroxyl groups is 1. The molecule has 73 heavy (non-hydrogen) atoms. The number of amides is 1. The Balaban J connectivity index is 4.00. The molecule has 0 spiro atoms. The summed E-state index contributed by atoms with van der Waals surface area (Å²) in [7, 11) is 1.21. The van der Waals surface area contributed by atoms with Gasteiger partial charge in [-0.15, -0.1) is 0 Å². The standard InChI is InChI=1S/C64H107N2O6P/c1-6-8-10-12-14-16-18-19-20-21-22-23-24-25-26-27-28-29-30-31-32-33-34-35-36-37-38-39-40-41-42-43-44-45-46-47-48-50-52-54-56-58-64(68)65-62(61-72-73(69,70)71-60-59-66(3,4)5)63(67)57-55-53-51-49-17-15-13-11-9-7-2/h8-11,14,16-17,19-20,22-23,25-26,28-29,31-32,34-35,37-38,49,55,57,62-63,67H,6-7,12-13,15,18,21,24,27,30,33,36,39-48,50-54,56,58-61H2,1-5H3,(H-,65,68,69,70)/b10-8-,11-9+,16-14-,20-19-,23-22-,26-25-,29-28-,32-31-,35-34-,38-37-,49-17+,57-55+. The summed E-state index contributed by atoms with van der Waals surface area (Å²) < 4.78 is 23.2. The molecule has 3 atom stereocenters. The normalized spacial score (nSPS) is 15.0. The van der Waals surface area contributed by atoms with Crippen LogP contribution in [0, 0.1) is 0 Å². The number of likely N-dealkylation sites (N-methyl/N-ethyl adjacent to an activating group) is 1. The predicted molar refractivity (Wildman–Crippen MR) is 315 cm³/mol. The topological polar surface area (TPSA) is 108 Å². The smallest absolute Gasteiger partial charge is 0.268 e. The van der Waals surface area contributed by atoms with Crippen molar-refractivity contribution in [2.45, 2.75) is 212 Å². The van der Waals surface area contributed by atoms with Gasteiger partial charge in [-0.05, 0) is 109 Å². The van der Waals surface area contributed by atoms with Gasteiger partial charge >= 0.3 is 0 Å². The van der Waals surface area contributed by atoms with Crippen molar-refractivity contribution in [2.75, 3.05) is 40.9 Å². The largest absolute Gasteiger partial charge is 0.756 e. The monoisotopic (exact) mass is 1030 g/mol. The molecule has 0 rings (SSSR count). The number of nitrogens with zero attached hydrogens (tertiary/aromatic N) is 1. The molecule has 0 bridgehead atoms. The van der Waals surface area contributed by atoms with Crippen LogP contribution in [0.5, 0.6) is 0 Å². The average molecular weight is 1030 g/mol. The van der Waals surface area contributed by atoms with Crippen LogP contribution < -0.4 is 10.2 Å². The van der Waals surface area contributed by atoms with Crippen LogP contribution in [-0.2, 0) is 18.4 Å². The molecule has 0 heterocycles. The fourth-order valence-corrected chi connectivity index (χ4v) is 8.08. The van der Waals surface area contributed by atoms with Crippen molar-refractivity contribution in [3.63, 3.8) is 0 Å². The van der Waals surface area contributed by atoms with Crippen LogP contribution in [0.2, 0.25) is 0 Å². The van der Waals surface area contributed by atoms with Gasteiger partial charge in [0.1, 0.15) is 13.2 Å². The highest BCUT2D eigenvalue weighted by atomic mass is 31.2. The highest BCUT2D eigenvalue weighted by Crippen LogP contribution is 2.38. The number of aliphatic hydroxyl groups excluding tert-OH is 1. The molecule has 2 N–H and O–H groups in total. The van der Waals surface area contributed by atoms with Crippen LogP contribution in [0.4, 0.5) is 0 Å². The maximum atomic E-state index is 12.9. The molecule has 0 fully saturated rings. The van der Waals surface area contributed by atoms with Gasteiger partial charge in [0.25, 0.3) is 7.82 Å². The molecule has 0 saturated carbocycles. The highest BCUT2D eigenvalue weighted by molar-refractivity contribution is 7.45. The Kier molecular flexibility index (Phi) is 50.6.